The smallest absolute Gasteiger partial charge is 0.269 e. The second-order valence-corrected chi connectivity index (χ2v) is 2.20. The highest BCUT2D eigenvalue weighted by Crippen LogP contribution is 1.94. The first-order valence-corrected chi connectivity index (χ1v) is 3.52. The molecule has 0 saturated heterocycles. The van der Waals surface area contributed by atoms with Crippen LogP contribution in [0.4, 0.5) is 0 Å². The predicted molar refractivity (Wildman–Crippen MR) is 43.3 cm³/mol. The van der Waals surface area contributed by atoms with Crippen LogP contribution in [0.15, 0.2) is 12.3 Å². The van der Waals surface area contributed by atoms with E-state index in [2.05, 4.69) is 10.4 Å². The van der Waals surface area contributed by atoms with Crippen LogP contribution in [0.1, 0.15) is 18.8 Å². The minimum atomic E-state index is -0.0764. The van der Waals surface area contributed by atoms with Crippen molar-refractivity contribution in [3.8, 4) is 0 Å². The van der Waals surface area contributed by atoms with Gasteiger partial charge in [-0.2, -0.15) is 5.10 Å². The average molecular weight is 155 g/mol. The molecule has 1 N–H and O–H groups in total. The monoisotopic (exact) mass is 155 g/mol. The zero-order chi connectivity index (χ0) is 8.27. The molecule has 0 bridgehead atoms. The van der Waals surface area contributed by atoms with Gasteiger partial charge >= 0.3 is 0 Å². The Kier molecular flexibility index (Phi) is 2.25. The summed E-state index contributed by atoms with van der Waals surface area (Å²) in [6, 6.07) is 1.69. The van der Waals surface area contributed by atoms with Crippen molar-refractivity contribution in [1.82, 2.24) is 15.1 Å². The summed E-state index contributed by atoms with van der Waals surface area (Å²) in [7, 11) is 1.74. The topological polar surface area (TPSA) is 46.9 Å². The first kappa shape index (κ1) is 7.78. The van der Waals surface area contributed by atoms with Crippen LogP contribution in [0.3, 0.4) is 0 Å². The number of hydrogen-bond donors (Lipinski definition) is 1. The van der Waals surface area contributed by atoms with E-state index in [0.717, 1.165) is 0 Å². The lowest BCUT2D eigenvalue weighted by atomic mass is 10.4. The van der Waals surface area contributed by atoms with E-state index in [4.69, 9.17) is 0 Å². The normalized spacial score (nSPS) is 9.64. The van der Waals surface area contributed by atoms with E-state index in [9.17, 15) is 4.79 Å². The number of rotatable bonds is 2. The van der Waals surface area contributed by atoms with Crippen molar-refractivity contribution in [2.75, 3.05) is 6.54 Å². The fraction of sp³-hybridized carbons (Fsp3) is 0.429. The largest absolute Gasteiger partial charge is 0.351 e. The zero-order valence-corrected chi connectivity index (χ0v) is 6.66. The van der Waals surface area contributed by atoms with E-state index >= 15 is 0 Å². The number of aryl methyl sites for hydroxylation is 1. The molecule has 1 aromatic heterocycles. The summed E-state index contributed by atoms with van der Waals surface area (Å²) < 4.78 is 1.55. The van der Waals surface area contributed by atoms with Crippen LogP contribution >= 0.6 is 0 Å². The molecule has 1 rings (SSSR count). The Bertz CT molecular complexity index is 259. The van der Waals surface area contributed by atoms with Gasteiger partial charge in [-0.1, -0.05) is 0 Å². The van der Waals surface area contributed by atoms with Crippen molar-refractivity contribution in [2.24, 2.45) is 7.05 Å². The predicted octanol–water partition coefficient (Wildman–Crippen LogP) is 0.416. The van der Waals surface area contributed by atoms with Crippen LogP contribution in [-0.4, -0.2) is 22.2 Å². The molecular formula is C7H13N3O. The van der Waals surface area contributed by atoms with Crippen LogP contribution in [0.2, 0.25) is 0 Å². The Balaban J connectivity index is 0.00000121. The van der Waals surface area contributed by atoms with E-state index in [-0.39, 0.29) is 7.33 Å². The maximum atomic E-state index is 11.2. The van der Waals surface area contributed by atoms with Gasteiger partial charge in [0.2, 0.25) is 0 Å². The van der Waals surface area contributed by atoms with Crippen LogP contribution in [0, 0.1) is 0 Å². The molecule has 0 spiro atoms. The summed E-state index contributed by atoms with van der Waals surface area (Å²) in [5.41, 5.74) is 0.590. The number of nitrogens with one attached hydrogen (secondary N) is 1. The van der Waals surface area contributed by atoms with Crippen LogP contribution in [0.25, 0.3) is 0 Å². The number of nitrogens with zero attached hydrogens (tertiary/aromatic N) is 2. The highest BCUT2D eigenvalue weighted by Gasteiger charge is 2.06. The molecule has 0 aliphatic carbocycles. The van der Waals surface area contributed by atoms with E-state index in [1.54, 1.807) is 24.0 Å². The first-order valence-electron chi connectivity index (χ1n) is 3.52. The van der Waals surface area contributed by atoms with Gasteiger partial charge in [-0.25, -0.2) is 0 Å². The van der Waals surface area contributed by atoms with E-state index in [0.29, 0.717) is 12.2 Å². The molecule has 1 heterocycles. The summed E-state index contributed by atoms with van der Waals surface area (Å²) in [6.45, 7) is 2.53. The van der Waals surface area contributed by atoms with Crippen molar-refractivity contribution in [1.29, 1.82) is 0 Å². The maximum Gasteiger partial charge on any atom is 0.269 e. The van der Waals surface area contributed by atoms with E-state index in [1.165, 1.54) is 0 Å². The number of amides is 1. The molecule has 62 valence electrons. The lowest BCUT2D eigenvalue weighted by molar-refractivity contribution is 0.0946. The van der Waals surface area contributed by atoms with Gasteiger partial charge in [0.25, 0.3) is 5.91 Å². The SMILES string of the molecule is CCNC(=O)c1ccnn1C.[HH]. The van der Waals surface area contributed by atoms with E-state index < -0.39 is 0 Å². The molecule has 0 saturated carbocycles. The zero-order valence-electron chi connectivity index (χ0n) is 6.66. The van der Waals surface area contributed by atoms with Crippen molar-refractivity contribution in [2.45, 2.75) is 6.92 Å². The first-order chi connectivity index (χ1) is 5.25. The second kappa shape index (κ2) is 3.18. The Hall–Kier alpha value is -1.32. The molecule has 0 atom stereocenters. The highest BCUT2D eigenvalue weighted by atomic mass is 16.2. The van der Waals surface area contributed by atoms with Gasteiger partial charge in [0.15, 0.2) is 0 Å². The summed E-state index contributed by atoms with van der Waals surface area (Å²) in [4.78, 5) is 11.2. The maximum absolute atomic E-state index is 11.2. The van der Waals surface area contributed by atoms with Crippen molar-refractivity contribution in [3.05, 3.63) is 18.0 Å². The molecule has 4 nitrogen and oxygen atoms in total. The van der Waals surface area contributed by atoms with Gasteiger partial charge in [-0.3, -0.25) is 9.48 Å². The van der Waals surface area contributed by atoms with Gasteiger partial charge < -0.3 is 5.32 Å². The number of carbonyl (C=O) groups is 1. The quantitative estimate of drug-likeness (QED) is 0.672. The standard InChI is InChI=1S/C7H11N3O.H2/c1-3-8-7(11)6-4-5-9-10(6)2;/h4-5H,3H2,1-2H3,(H,8,11);1H. The van der Waals surface area contributed by atoms with Gasteiger partial charge in [0.05, 0.1) is 0 Å². The third-order valence-electron chi connectivity index (χ3n) is 1.39. The van der Waals surface area contributed by atoms with E-state index in [1.807, 2.05) is 6.92 Å². The molecule has 11 heavy (non-hydrogen) atoms. The van der Waals surface area contributed by atoms with Crippen molar-refractivity contribution < 1.29 is 6.22 Å². The molecule has 0 radical (unpaired) electrons. The number of carbonyl (C=O) groups excluding carboxylic acids is 1. The Morgan fingerprint density at radius 1 is 1.91 bits per heavy atom. The molecule has 0 aliphatic heterocycles. The summed E-state index contributed by atoms with van der Waals surface area (Å²) in [6.07, 6.45) is 1.60. The Morgan fingerprint density at radius 2 is 2.64 bits per heavy atom. The molecule has 0 fully saturated rings. The highest BCUT2D eigenvalue weighted by molar-refractivity contribution is 5.92. The molecule has 4 heteroatoms. The Labute approximate surface area is 66.7 Å². The summed E-state index contributed by atoms with van der Waals surface area (Å²) in [5.74, 6) is -0.0764. The third kappa shape index (κ3) is 1.58. The van der Waals surface area contributed by atoms with Crippen molar-refractivity contribution in [3.63, 3.8) is 0 Å². The lowest BCUT2D eigenvalue weighted by Crippen LogP contribution is -2.24. The van der Waals surface area contributed by atoms with Gasteiger partial charge in [-0.05, 0) is 13.0 Å². The van der Waals surface area contributed by atoms with Crippen LogP contribution in [-0.2, 0) is 7.05 Å². The van der Waals surface area contributed by atoms with Crippen LogP contribution in [0.5, 0.6) is 0 Å². The molecule has 0 unspecified atom stereocenters. The fourth-order valence-electron chi connectivity index (χ4n) is 0.848. The summed E-state index contributed by atoms with van der Waals surface area (Å²) >= 11 is 0. The summed E-state index contributed by atoms with van der Waals surface area (Å²) in [5, 5.41) is 6.56. The molecule has 0 aromatic carbocycles. The molecular weight excluding hydrogens is 142 g/mol. The number of aromatic nitrogens is 2. The fourth-order valence-corrected chi connectivity index (χ4v) is 0.848. The average Bonchev–Trinajstić information content (AvgIpc) is 2.36. The molecule has 1 aromatic rings. The van der Waals surface area contributed by atoms with Crippen molar-refractivity contribution >= 4 is 5.91 Å². The van der Waals surface area contributed by atoms with Crippen LogP contribution < -0.4 is 5.32 Å². The lowest BCUT2D eigenvalue weighted by Gasteiger charge is -2.00. The van der Waals surface area contributed by atoms with Gasteiger partial charge in [0.1, 0.15) is 5.69 Å². The minimum absolute atomic E-state index is 0. The molecule has 0 aliphatic rings. The van der Waals surface area contributed by atoms with Gasteiger partial charge in [-0.15, -0.1) is 0 Å². The third-order valence-corrected chi connectivity index (χ3v) is 1.39. The minimum Gasteiger partial charge on any atom is -0.351 e. The van der Waals surface area contributed by atoms with Gasteiger partial charge in [0, 0.05) is 21.2 Å². The number of hydrogen-bond acceptors (Lipinski definition) is 2. The molecule has 1 amide bonds. The second-order valence-electron chi connectivity index (χ2n) is 2.20. The Morgan fingerprint density at radius 3 is 3.09 bits per heavy atom.